The topological polar surface area (TPSA) is 48.9 Å². The summed E-state index contributed by atoms with van der Waals surface area (Å²) in [6, 6.07) is 6.31. The number of nitrogens with one attached hydrogen (secondary N) is 1. The predicted molar refractivity (Wildman–Crippen MR) is 70.2 cm³/mol. The van der Waals surface area contributed by atoms with Crippen LogP contribution in [0.25, 0.3) is 11.0 Å². The highest BCUT2D eigenvalue weighted by molar-refractivity contribution is 5.76. The van der Waals surface area contributed by atoms with Gasteiger partial charge in [-0.1, -0.05) is 26.8 Å². The molecular formula is C14H20N2O. The standard InChI is InChI=1S/C14H20N2O/c1-9(17)7-13-15-11-6-5-10(14(2,3)4)8-12(11)16-13/h5-6,8-9,17H,7H2,1-4H3,(H,15,16). The van der Waals surface area contributed by atoms with E-state index in [1.54, 1.807) is 6.92 Å². The van der Waals surface area contributed by atoms with Crippen molar-refractivity contribution in [2.45, 2.75) is 45.6 Å². The molecule has 2 aromatic rings. The van der Waals surface area contributed by atoms with Crippen molar-refractivity contribution in [2.24, 2.45) is 0 Å². The van der Waals surface area contributed by atoms with Crippen LogP contribution < -0.4 is 0 Å². The van der Waals surface area contributed by atoms with Crippen molar-refractivity contribution in [3.63, 3.8) is 0 Å². The molecular weight excluding hydrogens is 212 g/mol. The van der Waals surface area contributed by atoms with Crippen LogP contribution in [0.3, 0.4) is 0 Å². The zero-order chi connectivity index (χ0) is 12.6. The summed E-state index contributed by atoms with van der Waals surface area (Å²) in [4.78, 5) is 7.73. The molecule has 0 saturated heterocycles. The van der Waals surface area contributed by atoms with Gasteiger partial charge < -0.3 is 10.1 Å². The van der Waals surface area contributed by atoms with Gasteiger partial charge in [0.05, 0.1) is 17.1 Å². The number of fused-ring (bicyclic) bond motifs is 1. The minimum atomic E-state index is -0.363. The Labute approximate surface area is 102 Å². The number of rotatable bonds is 2. The summed E-state index contributed by atoms with van der Waals surface area (Å²) < 4.78 is 0. The van der Waals surface area contributed by atoms with Gasteiger partial charge >= 0.3 is 0 Å². The molecule has 1 aromatic heterocycles. The van der Waals surface area contributed by atoms with E-state index in [9.17, 15) is 5.11 Å². The number of benzene rings is 1. The minimum Gasteiger partial charge on any atom is -0.393 e. The molecule has 2 N–H and O–H groups in total. The lowest BCUT2D eigenvalue weighted by molar-refractivity contribution is 0.193. The van der Waals surface area contributed by atoms with Crippen molar-refractivity contribution in [1.29, 1.82) is 0 Å². The van der Waals surface area contributed by atoms with E-state index in [4.69, 9.17) is 0 Å². The largest absolute Gasteiger partial charge is 0.393 e. The lowest BCUT2D eigenvalue weighted by Crippen LogP contribution is -2.10. The highest BCUT2D eigenvalue weighted by atomic mass is 16.3. The second-order valence-corrected chi connectivity index (χ2v) is 5.72. The fraction of sp³-hybridized carbons (Fsp3) is 0.500. The van der Waals surface area contributed by atoms with Gasteiger partial charge in [0, 0.05) is 6.42 Å². The van der Waals surface area contributed by atoms with Crippen molar-refractivity contribution in [1.82, 2.24) is 9.97 Å². The number of nitrogens with zero attached hydrogens (tertiary/aromatic N) is 1. The van der Waals surface area contributed by atoms with Crippen molar-refractivity contribution < 1.29 is 5.11 Å². The maximum atomic E-state index is 9.35. The summed E-state index contributed by atoms with van der Waals surface area (Å²) in [7, 11) is 0. The second-order valence-electron chi connectivity index (χ2n) is 5.72. The SMILES string of the molecule is CC(O)Cc1nc2ccc(C(C)(C)C)cc2[nH]1. The summed E-state index contributed by atoms with van der Waals surface area (Å²) in [5.74, 6) is 0.848. The minimum absolute atomic E-state index is 0.143. The van der Waals surface area contributed by atoms with Crippen molar-refractivity contribution >= 4 is 11.0 Å². The molecule has 3 heteroatoms. The van der Waals surface area contributed by atoms with Gasteiger partial charge in [0.15, 0.2) is 0 Å². The number of aromatic nitrogens is 2. The first-order chi connectivity index (χ1) is 7.86. The van der Waals surface area contributed by atoms with Gasteiger partial charge in [0.25, 0.3) is 0 Å². The van der Waals surface area contributed by atoms with Gasteiger partial charge in [-0.2, -0.15) is 0 Å². The Kier molecular flexibility index (Phi) is 2.96. The highest BCUT2D eigenvalue weighted by Crippen LogP contribution is 2.25. The number of aromatic amines is 1. The third-order valence-electron chi connectivity index (χ3n) is 2.89. The summed E-state index contributed by atoms with van der Waals surface area (Å²) in [5, 5.41) is 9.35. The molecule has 0 amide bonds. The summed E-state index contributed by atoms with van der Waals surface area (Å²) >= 11 is 0. The van der Waals surface area contributed by atoms with E-state index in [0.29, 0.717) is 6.42 Å². The molecule has 0 bridgehead atoms. The van der Waals surface area contributed by atoms with E-state index in [-0.39, 0.29) is 11.5 Å². The van der Waals surface area contributed by atoms with E-state index >= 15 is 0 Å². The Hall–Kier alpha value is -1.35. The van der Waals surface area contributed by atoms with E-state index in [2.05, 4.69) is 42.9 Å². The normalized spacial score (nSPS) is 14.2. The van der Waals surface area contributed by atoms with Crippen LogP contribution >= 0.6 is 0 Å². The van der Waals surface area contributed by atoms with Gasteiger partial charge in [-0.3, -0.25) is 0 Å². The molecule has 0 aliphatic heterocycles. The first-order valence-corrected chi connectivity index (χ1v) is 6.03. The number of hydrogen-bond acceptors (Lipinski definition) is 2. The molecule has 0 fully saturated rings. The lowest BCUT2D eigenvalue weighted by Gasteiger charge is -2.18. The zero-order valence-electron chi connectivity index (χ0n) is 10.9. The molecule has 17 heavy (non-hydrogen) atoms. The predicted octanol–water partition coefficient (Wildman–Crippen LogP) is 2.78. The molecule has 0 aliphatic rings. The van der Waals surface area contributed by atoms with Crippen LogP contribution in [0, 0.1) is 0 Å². The molecule has 92 valence electrons. The summed E-state index contributed by atoms with van der Waals surface area (Å²) in [6.07, 6.45) is 0.206. The number of imidazole rings is 1. The van der Waals surface area contributed by atoms with E-state index in [0.717, 1.165) is 16.9 Å². The molecule has 2 rings (SSSR count). The highest BCUT2D eigenvalue weighted by Gasteiger charge is 2.15. The van der Waals surface area contributed by atoms with Crippen LogP contribution in [-0.4, -0.2) is 21.2 Å². The number of aliphatic hydroxyl groups is 1. The number of aliphatic hydroxyl groups excluding tert-OH is 1. The molecule has 0 radical (unpaired) electrons. The van der Waals surface area contributed by atoms with Crippen molar-refractivity contribution in [2.75, 3.05) is 0 Å². The molecule has 0 spiro atoms. The number of H-pyrrole nitrogens is 1. The number of hydrogen-bond donors (Lipinski definition) is 2. The summed E-state index contributed by atoms with van der Waals surface area (Å²) in [5.41, 5.74) is 3.45. The van der Waals surface area contributed by atoms with E-state index in [1.165, 1.54) is 5.56 Å². The summed E-state index contributed by atoms with van der Waals surface area (Å²) in [6.45, 7) is 8.36. The quantitative estimate of drug-likeness (QED) is 0.836. The van der Waals surface area contributed by atoms with Gasteiger partial charge in [-0.05, 0) is 30.0 Å². The van der Waals surface area contributed by atoms with Crippen LogP contribution in [0.1, 0.15) is 39.1 Å². The monoisotopic (exact) mass is 232 g/mol. The van der Waals surface area contributed by atoms with Crippen LogP contribution in [-0.2, 0) is 11.8 Å². The zero-order valence-corrected chi connectivity index (χ0v) is 10.9. The smallest absolute Gasteiger partial charge is 0.109 e. The van der Waals surface area contributed by atoms with Crippen LogP contribution in [0.15, 0.2) is 18.2 Å². The molecule has 1 unspecified atom stereocenters. The van der Waals surface area contributed by atoms with Crippen LogP contribution in [0.5, 0.6) is 0 Å². The van der Waals surface area contributed by atoms with Crippen LogP contribution in [0.4, 0.5) is 0 Å². The maximum absolute atomic E-state index is 9.35. The van der Waals surface area contributed by atoms with Crippen LogP contribution in [0.2, 0.25) is 0 Å². The van der Waals surface area contributed by atoms with E-state index in [1.807, 2.05) is 6.07 Å². The van der Waals surface area contributed by atoms with Gasteiger partial charge in [-0.25, -0.2) is 4.98 Å². The van der Waals surface area contributed by atoms with Gasteiger partial charge in [0.1, 0.15) is 5.82 Å². The second kappa shape index (κ2) is 4.15. The Morgan fingerprint density at radius 2 is 2.06 bits per heavy atom. The molecule has 1 aromatic carbocycles. The van der Waals surface area contributed by atoms with Gasteiger partial charge in [-0.15, -0.1) is 0 Å². The Balaban J connectivity index is 2.41. The molecule has 1 atom stereocenters. The molecule has 0 aliphatic carbocycles. The lowest BCUT2D eigenvalue weighted by atomic mass is 9.87. The fourth-order valence-electron chi connectivity index (χ4n) is 1.91. The maximum Gasteiger partial charge on any atom is 0.109 e. The van der Waals surface area contributed by atoms with Crippen molar-refractivity contribution in [3.8, 4) is 0 Å². The Morgan fingerprint density at radius 1 is 1.35 bits per heavy atom. The fourth-order valence-corrected chi connectivity index (χ4v) is 1.91. The average Bonchev–Trinajstić information content (AvgIpc) is 2.55. The molecule has 1 heterocycles. The third kappa shape index (κ3) is 2.67. The van der Waals surface area contributed by atoms with Gasteiger partial charge in [0.2, 0.25) is 0 Å². The first-order valence-electron chi connectivity index (χ1n) is 6.03. The Morgan fingerprint density at radius 3 is 2.65 bits per heavy atom. The average molecular weight is 232 g/mol. The third-order valence-corrected chi connectivity index (χ3v) is 2.89. The first kappa shape index (κ1) is 12.1. The molecule has 3 nitrogen and oxygen atoms in total. The van der Waals surface area contributed by atoms with Crippen molar-refractivity contribution in [3.05, 3.63) is 29.6 Å². The van der Waals surface area contributed by atoms with E-state index < -0.39 is 0 Å². The molecule has 0 saturated carbocycles. The Bertz CT molecular complexity index is 520.